The van der Waals surface area contributed by atoms with Crippen LogP contribution in [0.15, 0.2) is 48.5 Å². The van der Waals surface area contributed by atoms with E-state index in [0.717, 1.165) is 12.1 Å². The van der Waals surface area contributed by atoms with Crippen LogP contribution in [0.3, 0.4) is 0 Å². The van der Waals surface area contributed by atoms with Crippen molar-refractivity contribution in [1.29, 1.82) is 0 Å². The lowest BCUT2D eigenvalue weighted by atomic mass is 10.2. The summed E-state index contributed by atoms with van der Waals surface area (Å²) in [4.78, 5) is 11.2. The molecule has 0 aliphatic rings. The minimum absolute atomic E-state index is 0.378. The van der Waals surface area contributed by atoms with Crippen molar-refractivity contribution in [2.24, 2.45) is 0 Å². The number of nitrogens with zero attached hydrogens (tertiary/aromatic N) is 3. The fourth-order valence-electron chi connectivity index (χ4n) is 2.44. The molecule has 28 heavy (non-hydrogen) atoms. The molecule has 2 N–H and O–H groups in total. The highest BCUT2D eigenvalue weighted by molar-refractivity contribution is 5.79. The number of nitrogens with two attached hydrogens (primary N) is 1. The largest absolute Gasteiger partial charge is 0.473 e. The van der Waals surface area contributed by atoms with E-state index in [9.17, 15) is 0 Å². The van der Waals surface area contributed by atoms with Gasteiger partial charge < -0.3 is 20.1 Å². The molecule has 0 fully saturated rings. The number of likely N-dealkylation sites (N-methyl/N-ethyl adjacent to an activating group) is 1. The molecule has 0 saturated carbocycles. The minimum atomic E-state index is 0.378. The molecule has 6 nitrogen and oxygen atoms in total. The monoisotopic (exact) mass is 376 g/mol. The van der Waals surface area contributed by atoms with Gasteiger partial charge in [0.2, 0.25) is 5.88 Å². The smallest absolute Gasteiger partial charge is 0.249 e. The molecule has 3 rings (SSSR count). The van der Waals surface area contributed by atoms with Crippen molar-refractivity contribution in [1.82, 2.24) is 14.9 Å². The van der Waals surface area contributed by atoms with Gasteiger partial charge in [-0.2, -0.15) is 0 Å². The van der Waals surface area contributed by atoms with E-state index in [1.807, 2.05) is 50.5 Å². The average molecular weight is 376 g/mol. The third-order valence-corrected chi connectivity index (χ3v) is 3.90. The molecule has 0 radical (unpaired) electrons. The molecule has 6 heteroatoms. The van der Waals surface area contributed by atoms with Crippen LogP contribution in [-0.2, 0) is 4.74 Å². The molecule has 0 atom stereocenters. The highest BCUT2D eigenvalue weighted by Crippen LogP contribution is 2.20. The van der Waals surface area contributed by atoms with Crippen molar-refractivity contribution in [3.63, 3.8) is 0 Å². The Hall–Kier alpha value is -3.14. The lowest BCUT2D eigenvalue weighted by Gasteiger charge is -2.11. The lowest BCUT2D eigenvalue weighted by molar-refractivity contribution is 0.0875. The SMILES string of the molecule is CN(C)CCOCCOc1nc2ccc(N)cc2nc1C#Cc1ccccc1. The molecular formula is C22H24N4O2. The number of fused-ring (bicyclic) bond motifs is 1. The molecule has 0 saturated heterocycles. The van der Waals surface area contributed by atoms with Gasteiger partial charge in [0, 0.05) is 17.8 Å². The summed E-state index contributed by atoms with van der Waals surface area (Å²) in [6.45, 7) is 2.37. The Morgan fingerprint density at radius 2 is 1.75 bits per heavy atom. The third-order valence-electron chi connectivity index (χ3n) is 3.90. The molecule has 0 amide bonds. The maximum atomic E-state index is 5.87. The molecule has 0 spiro atoms. The molecule has 3 aromatic rings. The normalized spacial score (nSPS) is 10.7. The fraction of sp³-hybridized carbons (Fsp3) is 0.273. The van der Waals surface area contributed by atoms with Crippen molar-refractivity contribution in [2.75, 3.05) is 46.2 Å². The fourth-order valence-corrected chi connectivity index (χ4v) is 2.44. The number of ether oxygens (including phenoxy) is 2. The maximum Gasteiger partial charge on any atom is 0.249 e. The summed E-state index contributed by atoms with van der Waals surface area (Å²) < 4.78 is 11.4. The molecule has 1 aromatic heterocycles. The van der Waals surface area contributed by atoms with Crippen molar-refractivity contribution in [3.8, 4) is 17.7 Å². The van der Waals surface area contributed by atoms with E-state index in [1.165, 1.54) is 0 Å². The number of anilines is 1. The number of aromatic nitrogens is 2. The Morgan fingerprint density at radius 1 is 0.929 bits per heavy atom. The van der Waals surface area contributed by atoms with E-state index in [-0.39, 0.29) is 0 Å². The van der Waals surface area contributed by atoms with Crippen LogP contribution in [0.2, 0.25) is 0 Å². The van der Waals surface area contributed by atoms with Crippen molar-refractivity contribution < 1.29 is 9.47 Å². The Bertz CT molecular complexity index is 978. The summed E-state index contributed by atoms with van der Waals surface area (Å²) in [7, 11) is 4.02. The van der Waals surface area contributed by atoms with E-state index < -0.39 is 0 Å². The average Bonchev–Trinajstić information content (AvgIpc) is 2.69. The quantitative estimate of drug-likeness (QED) is 0.388. The van der Waals surface area contributed by atoms with Crippen LogP contribution in [0.25, 0.3) is 11.0 Å². The summed E-state index contributed by atoms with van der Waals surface area (Å²) in [5, 5.41) is 0. The molecular weight excluding hydrogens is 352 g/mol. The van der Waals surface area contributed by atoms with Gasteiger partial charge in [-0.25, -0.2) is 9.97 Å². The zero-order valence-electron chi connectivity index (χ0n) is 16.2. The van der Waals surface area contributed by atoms with Crippen LogP contribution in [0.1, 0.15) is 11.3 Å². The highest BCUT2D eigenvalue weighted by atomic mass is 16.5. The number of benzene rings is 2. The predicted octanol–water partition coefficient (Wildman–Crippen LogP) is 2.57. The zero-order valence-corrected chi connectivity index (χ0v) is 16.2. The van der Waals surface area contributed by atoms with Gasteiger partial charge in [-0.1, -0.05) is 24.1 Å². The first-order valence-electron chi connectivity index (χ1n) is 9.11. The molecule has 0 aliphatic carbocycles. The van der Waals surface area contributed by atoms with Crippen LogP contribution in [0, 0.1) is 11.8 Å². The number of rotatable bonds is 7. The first-order chi connectivity index (χ1) is 13.6. The Balaban J connectivity index is 1.78. The molecule has 0 bridgehead atoms. The maximum absolute atomic E-state index is 5.87. The lowest BCUT2D eigenvalue weighted by Crippen LogP contribution is -2.19. The van der Waals surface area contributed by atoms with Crippen molar-refractivity contribution in [3.05, 3.63) is 59.8 Å². The van der Waals surface area contributed by atoms with Gasteiger partial charge in [-0.15, -0.1) is 0 Å². The van der Waals surface area contributed by atoms with Crippen LogP contribution in [0.5, 0.6) is 5.88 Å². The van der Waals surface area contributed by atoms with Crippen LogP contribution in [-0.4, -0.2) is 55.3 Å². The first kappa shape index (κ1) is 19.6. The Labute approximate surface area is 165 Å². The van der Waals surface area contributed by atoms with E-state index in [4.69, 9.17) is 15.2 Å². The van der Waals surface area contributed by atoms with Gasteiger partial charge in [0.15, 0.2) is 5.69 Å². The minimum Gasteiger partial charge on any atom is -0.473 e. The van der Waals surface area contributed by atoms with Crippen molar-refractivity contribution in [2.45, 2.75) is 0 Å². The van der Waals surface area contributed by atoms with Crippen LogP contribution >= 0.6 is 0 Å². The number of hydrogen-bond donors (Lipinski definition) is 1. The van der Waals surface area contributed by atoms with Crippen LogP contribution in [0.4, 0.5) is 5.69 Å². The van der Waals surface area contributed by atoms with Crippen molar-refractivity contribution >= 4 is 16.7 Å². The van der Waals surface area contributed by atoms with E-state index >= 15 is 0 Å². The van der Waals surface area contributed by atoms with Gasteiger partial charge in [-0.3, -0.25) is 0 Å². The molecule has 0 unspecified atom stereocenters. The summed E-state index contributed by atoms with van der Waals surface area (Å²) >= 11 is 0. The number of hydrogen-bond acceptors (Lipinski definition) is 6. The first-order valence-corrected chi connectivity index (χ1v) is 9.11. The van der Waals surface area contributed by atoms with Gasteiger partial charge in [0.25, 0.3) is 0 Å². The van der Waals surface area contributed by atoms with E-state index in [0.29, 0.717) is 48.1 Å². The van der Waals surface area contributed by atoms with Gasteiger partial charge in [0.1, 0.15) is 6.61 Å². The third kappa shape index (κ3) is 5.68. The topological polar surface area (TPSA) is 73.5 Å². The van der Waals surface area contributed by atoms with E-state index in [2.05, 4.69) is 26.7 Å². The predicted molar refractivity (Wildman–Crippen MR) is 111 cm³/mol. The second kappa shape index (κ2) is 9.70. The second-order valence-electron chi connectivity index (χ2n) is 6.51. The summed E-state index contributed by atoms with van der Waals surface area (Å²) in [6.07, 6.45) is 0. The Morgan fingerprint density at radius 3 is 2.54 bits per heavy atom. The second-order valence-corrected chi connectivity index (χ2v) is 6.51. The number of nitrogen functional groups attached to an aromatic ring is 1. The molecule has 1 heterocycles. The summed E-state index contributed by atoms with van der Waals surface area (Å²) in [6, 6.07) is 15.1. The van der Waals surface area contributed by atoms with Gasteiger partial charge >= 0.3 is 0 Å². The molecule has 144 valence electrons. The molecule has 0 aliphatic heterocycles. The Kier molecular flexibility index (Phi) is 6.79. The summed E-state index contributed by atoms with van der Waals surface area (Å²) in [5.74, 6) is 6.57. The van der Waals surface area contributed by atoms with E-state index in [1.54, 1.807) is 12.1 Å². The zero-order chi connectivity index (χ0) is 19.8. The van der Waals surface area contributed by atoms with Gasteiger partial charge in [-0.05, 0) is 50.3 Å². The highest BCUT2D eigenvalue weighted by Gasteiger charge is 2.09. The van der Waals surface area contributed by atoms with Crippen LogP contribution < -0.4 is 10.5 Å². The standard InChI is InChI=1S/C22H24N4O2/c1-26(2)12-13-27-14-15-28-22-20(10-8-17-6-4-3-5-7-17)24-21-16-18(23)9-11-19(21)25-22/h3-7,9,11,16H,12-15,23H2,1-2H3. The molecule has 2 aromatic carbocycles. The van der Waals surface area contributed by atoms with Gasteiger partial charge in [0.05, 0.1) is 24.2 Å². The summed E-state index contributed by atoms with van der Waals surface area (Å²) in [5.41, 5.74) is 9.28.